The third-order valence-electron chi connectivity index (χ3n) is 5.28. The molecular weight excluding hydrogens is 370 g/mol. The lowest BCUT2D eigenvalue weighted by Gasteiger charge is -2.21. The molecule has 1 aliphatic carbocycles. The van der Waals surface area contributed by atoms with Crippen molar-refractivity contribution < 1.29 is 9.59 Å². The van der Waals surface area contributed by atoms with Gasteiger partial charge in [-0.1, -0.05) is 60.1 Å². The normalized spacial score (nSPS) is 17.8. The molecule has 3 aromatic carbocycles. The summed E-state index contributed by atoms with van der Waals surface area (Å²) in [6, 6.07) is 23.4. The van der Waals surface area contributed by atoms with Gasteiger partial charge >= 0.3 is 0 Å². The van der Waals surface area contributed by atoms with Gasteiger partial charge in [-0.2, -0.15) is 0 Å². The van der Waals surface area contributed by atoms with Crippen molar-refractivity contribution in [3.05, 3.63) is 100 Å². The Morgan fingerprint density at radius 2 is 1.75 bits per heavy atom. The Kier molecular flexibility index (Phi) is 5.27. The molecule has 0 spiro atoms. The summed E-state index contributed by atoms with van der Waals surface area (Å²) in [6.45, 7) is 0.427. The Balaban J connectivity index is 1.60. The van der Waals surface area contributed by atoms with Crippen molar-refractivity contribution in [2.24, 2.45) is 0 Å². The number of para-hydroxylation sites is 1. The lowest BCUT2D eigenvalue weighted by atomic mass is 10.0. The van der Waals surface area contributed by atoms with Crippen molar-refractivity contribution in [2.75, 3.05) is 4.90 Å². The van der Waals surface area contributed by atoms with Crippen LogP contribution in [-0.2, 0) is 11.3 Å². The summed E-state index contributed by atoms with van der Waals surface area (Å²) in [4.78, 5) is 24.6. The number of hydrogen-bond donors (Lipinski definition) is 0. The summed E-state index contributed by atoms with van der Waals surface area (Å²) in [5, 5.41) is 0.751. The maximum atomic E-state index is 11.9. The van der Waals surface area contributed by atoms with Crippen LogP contribution in [0.1, 0.15) is 45.3 Å². The van der Waals surface area contributed by atoms with E-state index in [4.69, 9.17) is 11.6 Å². The molecule has 4 rings (SSSR count). The molecule has 140 valence electrons. The minimum Gasteiger partial charge on any atom is -0.310 e. The standard InChI is InChI=1S/C24H20ClNO2/c25-20-8-4-7-19(12-20)22-13-23(22)21-9-1-2-10-24(21)26(16-28)14-17-5-3-6-18(11-17)15-27/h1-12,15-16,22-23H,13-14H2. The SMILES string of the molecule is O=Cc1cccc(CN(C=O)c2ccccc2C2CC2c2cccc(Cl)c2)c1. The largest absolute Gasteiger partial charge is 0.310 e. The molecule has 4 heteroatoms. The van der Waals surface area contributed by atoms with Gasteiger partial charge in [0.05, 0.1) is 6.54 Å². The number of carbonyl (C=O) groups excluding carboxylic acids is 2. The van der Waals surface area contributed by atoms with Crippen molar-refractivity contribution in [3.8, 4) is 0 Å². The molecule has 1 fully saturated rings. The van der Waals surface area contributed by atoms with E-state index in [-0.39, 0.29) is 0 Å². The molecule has 2 atom stereocenters. The highest BCUT2D eigenvalue weighted by Gasteiger charge is 2.41. The van der Waals surface area contributed by atoms with E-state index in [1.807, 2.05) is 54.6 Å². The van der Waals surface area contributed by atoms with E-state index in [9.17, 15) is 9.59 Å². The van der Waals surface area contributed by atoms with Gasteiger partial charge in [-0.25, -0.2) is 0 Å². The van der Waals surface area contributed by atoms with Crippen LogP contribution in [0.2, 0.25) is 5.02 Å². The first-order chi connectivity index (χ1) is 13.7. The van der Waals surface area contributed by atoms with Crippen LogP contribution >= 0.6 is 11.6 Å². The van der Waals surface area contributed by atoms with Gasteiger partial charge in [0, 0.05) is 16.3 Å². The summed E-state index contributed by atoms with van der Waals surface area (Å²) in [5.74, 6) is 0.796. The Hall–Kier alpha value is -2.91. The smallest absolute Gasteiger partial charge is 0.214 e. The zero-order chi connectivity index (χ0) is 19.5. The Labute approximate surface area is 169 Å². The van der Waals surface area contributed by atoms with Gasteiger partial charge in [-0.15, -0.1) is 0 Å². The summed E-state index contributed by atoms with van der Waals surface area (Å²) >= 11 is 6.15. The molecule has 2 unspecified atom stereocenters. The number of nitrogens with zero attached hydrogens (tertiary/aromatic N) is 1. The quantitative estimate of drug-likeness (QED) is 0.494. The average Bonchev–Trinajstić information content (AvgIpc) is 3.53. The molecule has 1 amide bonds. The van der Waals surface area contributed by atoms with Gasteiger partial charge in [-0.3, -0.25) is 9.59 Å². The molecule has 0 saturated heterocycles. The van der Waals surface area contributed by atoms with Crippen LogP contribution in [0.15, 0.2) is 72.8 Å². The van der Waals surface area contributed by atoms with Gasteiger partial charge < -0.3 is 4.90 Å². The van der Waals surface area contributed by atoms with Gasteiger partial charge in [0.2, 0.25) is 6.41 Å². The second-order valence-electron chi connectivity index (χ2n) is 7.16. The highest BCUT2D eigenvalue weighted by molar-refractivity contribution is 6.30. The molecule has 3 aromatic rings. The zero-order valence-electron chi connectivity index (χ0n) is 15.3. The van der Waals surface area contributed by atoms with E-state index in [1.165, 1.54) is 11.1 Å². The van der Waals surface area contributed by atoms with Crippen LogP contribution in [0.25, 0.3) is 0 Å². The maximum absolute atomic E-state index is 11.9. The first-order valence-electron chi connectivity index (χ1n) is 9.30. The van der Waals surface area contributed by atoms with Crippen LogP contribution in [0, 0.1) is 0 Å². The molecule has 1 aliphatic rings. The van der Waals surface area contributed by atoms with Crippen molar-refractivity contribution in [1.29, 1.82) is 0 Å². The highest BCUT2D eigenvalue weighted by atomic mass is 35.5. The third kappa shape index (κ3) is 3.85. The number of aldehydes is 1. The molecule has 1 saturated carbocycles. The fraction of sp³-hybridized carbons (Fsp3) is 0.167. The molecule has 0 bridgehead atoms. The Bertz CT molecular complexity index is 1020. The van der Waals surface area contributed by atoms with Gasteiger partial charge in [0.15, 0.2) is 0 Å². The van der Waals surface area contributed by atoms with Gasteiger partial charge in [0.1, 0.15) is 6.29 Å². The highest BCUT2D eigenvalue weighted by Crippen LogP contribution is 2.56. The lowest BCUT2D eigenvalue weighted by Crippen LogP contribution is -2.21. The van der Waals surface area contributed by atoms with Crippen LogP contribution in [0.3, 0.4) is 0 Å². The predicted octanol–water partition coefficient (Wildman–Crippen LogP) is 5.59. The Morgan fingerprint density at radius 3 is 2.54 bits per heavy atom. The number of amides is 1. The van der Waals surface area contributed by atoms with E-state index in [2.05, 4.69) is 12.1 Å². The van der Waals surface area contributed by atoms with E-state index in [1.54, 1.807) is 11.0 Å². The molecule has 0 radical (unpaired) electrons. The first kappa shape index (κ1) is 18.5. The summed E-state index contributed by atoms with van der Waals surface area (Å²) in [7, 11) is 0. The van der Waals surface area contributed by atoms with Crippen molar-refractivity contribution in [2.45, 2.75) is 24.8 Å². The first-order valence-corrected chi connectivity index (χ1v) is 9.68. The minimum atomic E-state index is 0.374. The van der Waals surface area contributed by atoms with Crippen LogP contribution in [0.4, 0.5) is 5.69 Å². The van der Waals surface area contributed by atoms with Gasteiger partial charge in [0.25, 0.3) is 0 Å². The summed E-state index contributed by atoms with van der Waals surface area (Å²) in [6.07, 6.45) is 2.73. The fourth-order valence-corrected chi connectivity index (χ4v) is 4.05. The van der Waals surface area contributed by atoms with Crippen molar-refractivity contribution in [1.82, 2.24) is 0 Å². The summed E-state index contributed by atoms with van der Waals surface area (Å²) in [5.41, 5.74) is 4.87. The minimum absolute atomic E-state index is 0.374. The topological polar surface area (TPSA) is 37.4 Å². The van der Waals surface area contributed by atoms with Gasteiger partial charge in [-0.05, 0) is 59.2 Å². The number of benzene rings is 3. The second-order valence-corrected chi connectivity index (χ2v) is 7.60. The third-order valence-corrected chi connectivity index (χ3v) is 5.52. The zero-order valence-corrected chi connectivity index (χ0v) is 16.0. The summed E-state index contributed by atoms with van der Waals surface area (Å²) < 4.78 is 0. The lowest BCUT2D eigenvalue weighted by molar-refractivity contribution is -0.107. The van der Waals surface area contributed by atoms with Crippen LogP contribution in [0.5, 0.6) is 0 Å². The molecule has 0 N–H and O–H groups in total. The number of carbonyl (C=O) groups is 2. The van der Waals surface area contributed by atoms with E-state index >= 15 is 0 Å². The molecule has 3 nitrogen and oxygen atoms in total. The molecular formula is C24H20ClNO2. The van der Waals surface area contributed by atoms with Crippen LogP contribution < -0.4 is 4.90 Å². The average molecular weight is 390 g/mol. The van der Waals surface area contributed by atoms with E-state index in [0.717, 1.165) is 35.4 Å². The monoisotopic (exact) mass is 389 g/mol. The number of halogens is 1. The van der Waals surface area contributed by atoms with Crippen LogP contribution in [-0.4, -0.2) is 12.7 Å². The molecule has 0 aromatic heterocycles. The van der Waals surface area contributed by atoms with E-state index in [0.29, 0.717) is 23.9 Å². The molecule has 0 heterocycles. The molecule has 0 aliphatic heterocycles. The number of hydrogen-bond acceptors (Lipinski definition) is 2. The van der Waals surface area contributed by atoms with Crippen molar-refractivity contribution in [3.63, 3.8) is 0 Å². The molecule has 28 heavy (non-hydrogen) atoms. The Morgan fingerprint density at radius 1 is 0.929 bits per heavy atom. The fourth-order valence-electron chi connectivity index (χ4n) is 3.85. The predicted molar refractivity (Wildman–Crippen MR) is 112 cm³/mol. The second kappa shape index (κ2) is 7.99. The number of anilines is 1. The van der Waals surface area contributed by atoms with Crippen molar-refractivity contribution >= 4 is 30.0 Å². The maximum Gasteiger partial charge on any atom is 0.214 e. The van der Waals surface area contributed by atoms with E-state index < -0.39 is 0 Å². The number of rotatable bonds is 7.